The van der Waals surface area contributed by atoms with Crippen molar-refractivity contribution >= 4 is 8.25 Å². The summed E-state index contributed by atoms with van der Waals surface area (Å²) in [5.74, 6) is 2.86. The van der Waals surface area contributed by atoms with E-state index in [0.717, 1.165) is 108 Å². The molecule has 0 bridgehead atoms. The van der Waals surface area contributed by atoms with Gasteiger partial charge >= 0.3 is 8.25 Å². The van der Waals surface area contributed by atoms with Crippen LogP contribution in [0.3, 0.4) is 0 Å². The first-order valence-electron chi connectivity index (χ1n) is 22.8. The zero-order valence-electron chi connectivity index (χ0n) is 38.1. The molecule has 6 rings (SSSR count). The topological polar surface area (TPSA) is 123 Å². The van der Waals surface area contributed by atoms with Gasteiger partial charge in [-0.15, -0.1) is 0 Å². The second-order valence-corrected chi connectivity index (χ2v) is 17.0. The van der Waals surface area contributed by atoms with E-state index in [1.54, 1.807) is 36.8 Å². The minimum absolute atomic E-state index is 0.261. The van der Waals surface area contributed by atoms with Crippen LogP contribution >= 0.6 is 8.25 Å². The first-order valence-corrected chi connectivity index (χ1v) is 24.1. The third-order valence-electron chi connectivity index (χ3n) is 10.9. The van der Waals surface area contributed by atoms with E-state index in [1.165, 1.54) is 14.2 Å². The van der Waals surface area contributed by atoms with Crippen molar-refractivity contribution in [3.8, 4) is 45.6 Å². The van der Waals surface area contributed by atoms with Gasteiger partial charge in [-0.25, -0.2) is 8.78 Å². The third kappa shape index (κ3) is 16.5. The van der Waals surface area contributed by atoms with Gasteiger partial charge in [-0.2, -0.15) is 0 Å². The number of rotatable bonds is 32. The smallest absolute Gasteiger partial charge is 0.319 e. The lowest BCUT2D eigenvalue weighted by atomic mass is 10.1. The summed E-state index contributed by atoms with van der Waals surface area (Å²) in [5.41, 5.74) is 5.86. The van der Waals surface area contributed by atoms with Crippen molar-refractivity contribution in [3.05, 3.63) is 143 Å². The molecule has 6 aromatic rings. The molecular formula is C52H63F2N2O9P. The molecule has 0 aliphatic heterocycles. The Kier molecular flexibility index (Phi) is 21.1. The van der Waals surface area contributed by atoms with Crippen LogP contribution < -0.4 is 29.6 Å². The van der Waals surface area contributed by atoms with E-state index in [1.807, 2.05) is 60.7 Å². The molecule has 0 aliphatic rings. The molecule has 0 saturated heterocycles. The van der Waals surface area contributed by atoms with Crippen molar-refractivity contribution in [2.24, 2.45) is 0 Å². The molecule has 0 spiro atoms. The molecule has 0 fully saturated rings. The summed E-state index contributed by atoms with van der Waals surface area (Å²) in [5, 5.41) is 6.86. The van der Waals surface area contributed by atoms with Crippen LogP contribution in [0.15, 0.2) is 118 Å². The Bertz CT molecular complexity index is 2180. The Balaban J connectivity index is 0.806. The van der Waals surface area contributed by atoms with E-state index in [2.05, 4.69) is 22.8 Å². The van der Waals surface area contributed by atoms with E-state index in [-0.39, 0.29) is 23.1 Å². The van der Waals surface area contributed by atoms with Gasteiger partial charge in [0.25, 0.3) is 0 Å². The molecule has 0 aliphatic carbocycles. The fourth-order valence-corrected chi connectivity index (χ4v) is 8.10. The van der Waals surface area contributed by atoms with E-state index in [4.69, 9.17) is 36.8 Å². The molecule has 354 valence electrons. The first kappa shape index (κ1) is 50.0. The standard InChI is InChI=1S/C52H63F2N2O9P/c1-58-51-23-17-39(35-45(51)53)13-5-3-7-27-60-49-21-19-41(33-43(49)47-15-9-29-62-47)37-55-25-11-31-64-66(57)65-32-12-26-56-38-42-20-22-50(44(34-42)48-16-10-30-63-48)61-28-8-4-6-14-40-18-24-52(59-2)46(54)36-40/h9-10,15-24,29-30,33-36,55-56,66H,3-8,11-14,25-28,31-32,37-38H2,1-2H3. The molecule has 0 radical (unpaired) electrons. The number of hydrogen-bond acceptors (Lipinski definition) is 11. The highest BCUT2D eigenvalue weighted by Gasteiger charge is 2.13. The molecule has 0 atom stereocenters. The van der Waals surface area contributed by atoms with Crippen LogP contribution in [-0.2, 0) is 39.5 Å². The summed E-state index contributed by atoms with van der Waals surface area (Å²) in [6.07, 6.45) is 11.8. The minimum atomic E-state index is -2.59. The van der Waals surface area contributed by atoms with Crippen LogP contribution in [0.5, 0.6) is 23.0 Å². The van der Waals surface area contributed by atoms with E-state index in [9.17, 15) is 13.3 Å². The van der Waals surface area contributed by atoms with Crippen molar-refractivity contribution in [1.29, 1.82) is 0 Å². The van der Waals surface area contributed by atoms with Crippen molar-refractivity contribution in [3.63, 3.8) is 0 Å². The molecule has 2 aromatic heterocycles. The van der Waals surface area contributed by atoms with Crippen LogP contribution in [0.4, 0.5) is 8.78 Å². The second kappa shape index (κ2) is 27.9. The number of halogens is 2. The Morgan fingerprint density at radius 1 is 0.500 bits per heavy atom. The maximum Gasteiger partial charge on any atom is 0.319 e. The average molecular weight is 929 g/mol. The van der Waals surface area contributed by atoms with Gasteiger partial charge in [-0.1, -0.05) is 24.3 Å². The summed E-state index contributed by atoms with van der Waals surface area (Å²) in [7, 11) is 0.347. The van der Waals surface area contributed by atoms with E-state index >= 15 is 0 Å². The Labute approximate surface area is 388 Å². The first-order chi connectivity index (χ1) is 32.4. The van der Waals surface area contributed by atoms with E-state index in [0.29, 0.717) is 65.4 Å². The van der Waals surface area contributed by atoms with Crippen molar-refractivity contribution in [2.75, 3.05) is 53.7 Å². The molecule has 11 nitrogen and oxygen atoms in total. The number of methoxy groups -OCH3 is 2. The molecule has 2 heterocycles. The van der Waals surface area contributed by atoms with Gasteiger partial charge in [-0.3, -0.25) is 4.57 Å². The molecule has 66 heavy (non-hydrogen) atoms. The summed E-state index contributed by atoms with van der Waals surface area (Å²) in [4.78, 5) is 0. The number of unbranched alkanes of at least 4 members (excludes halogenated alkanes) is 4. The molecule has 14 heteroatoms. The van der Waals surface area contributed by atoms with Crippen molar-refractivity contribution in [1.82, 2.24) is 10.6 Å². The van der Waals surface area contributed by atoms with Crippen molar-refractivity contribution in [2.45, 2.75) is 77.3 Å². The van der Waals surface area contributed by atoms with Gasteiger partial charge in [0.2, 0.25) is 0 Å². The van der Waals surface area contributed by atoms with Gasteiger partial charge in [0.15, 0.2) is 23.1 Å². The SMILES string of the molecule is COc1ccc(CCCCCOc2ccc(CNCCCO[PH](=O)OCCCNCc3ccc(OCCCCCc4ccc(OC)c(F)c4)c(-c4ccco4)c3)cc2-c2ccco2)cc1F. The van der Waals surface area contributed by atoms with Crippen LogP contribution in [0.25, 0.3) is 22.6 Å². The molecule has 0 amide bonds. The number of hydrogen-bond donors (Lipinski definition) is 2. The van der Waals surface area contributed by atoms with Crippen LogP contribution in [0.1, 0.15) is 73.6 Å². The van der Waals surface area contributed by atoms with Crippen LogP contribution in [0.2, 0.25) is 0 Å². The van der Waals surface area contributed by atoms with Gasteiger partial charge in [0.05, 0.1) is 64.3 Å². The average Bonchev–Trinajstić information content (AvgIpc) is 4.08. The number of nitrogens with one attached hydrogen (secondary N) is 2. The zero-order valence-corrected chi connectivity index (χ0v) is 39.1. The Morgan fingerprint density at radius 2 is 0.939 bits per heavy atom. The minimum Gasteiger partial charge on any atom is -0.494 e. The van der Waals surface area contributed by atoms with Gasteiger partial charge < -0.3 is 47.5 Å². The van der Waals surface area contributed by atoms with Crippen LogP contribution in [-0.4, -0.2) is 53.7 Å². The third-order valence-corrected chi connectivity index (χ3v) is 11.8. The summed E-state index contributed by atoms with van der Waals surface area (Å²) < 4.78 is 85.1. The normalized spacial score (nSPS) is 11.3. The zero-order chi connectivity index (χ0) is 46.2. The number of ether oxygens (including phenoxy) is 4. The van der Waals surface area contributed by atoms with Gasteiger partial charge in [0.1, 0.15) is 23.0 Å². The quantitative estimate of drug-likeness (QED) is 0.0310. The second-order valence-electron chi connectivity index (χ2n) is 15.9. The maximum atomic E-state index is 14.0. The molecule has 0 unspecified atom stereocenters. The van der Waals surface area contributed by atoms with Gasteiger partial charge in [0, 0.05) is 13.1 Å². The highest BCUT2D eigenvalue weighted by Crippen LogP contribution is 2.33. The maximum absolute atomic E-state index is 14.0. The molecule has 0 saturated carbocycles. The Morgan fingerprint density at radius 3 is 1.35 bits per heavy atom. The lowest BCUT2D eigenvalue weighted by Gasteiger charge is -2.13. The number of benzene rings is 4. The molecular weight excluding hydrogens is 866 g/mol. The van der Waals surface area contributed by atoms with Crippen molar-refractivity contribution < 1.29 is 50.2 Å². The van der Waals surface area contributed by atoms with E-state index < -0.39 is 8.25 Å². The molecule has 2 N–H and O–H groups in total. The summed E-state index contributed by atoms with van der Waals surface area (Å²) in [6.45, 7) is 4.43. The molecule has 4 aromatic carbocycles. The van der Waals surface area contributed by atoms with Gasteiger partial charge in [-0.05, 0) is 172 Å². The van der Waals surface area contributed by atoms with Crippen LogP contribution in [0, 0.1) is 11.6 Å². The fraction of sp³-hybridized carbons (Fsp3) is 0.385. The summed E-state index contributed by atoms with van der Waals surface area (Å²) >= 11 is 0. The largest absolute Gasteiger partial charge is 0.494 e. The Hall–Kier alpha value is -5.43. The number of aryl methyl sites for hydroxylation is 2. The summed E-state index contributed by atoms with van der Waals surface area (Å²) in [6, 6.07) is 30.0. The lowest BCUT2D eigenvalue weighted by molar-refractivity contribution is 0.220. The predicted molar refractivity (Wildman–Crippen MR) is 254 cm³/mol. The lowest BCUT2D eigenvalue weighted by Crippen LogP contribution is -2.16. The number of furan rings is 2. The highest BCUT2D eigenvalue weighted by atomic mass is 31.1. The fourth-order valence-electron chi connectivity index (χ4n) is 7.40. The monoisotopic (exact) mass is 928 g/mol. The predicted octanol–water partition coefficient (Wildman–Crippen LogP) is 12.2. The highest BCUT2D eigenvalue weighted by molar-refractivity contribution is 7.33.